The van der Waals surface area contributed by atoms with Crippen molar-refractivity contribution in [2.24, 2.45) is 0 Å². The van der Waals surface area contributed by atoms with Crippen LogP contribution in [0.15, 0.2) is 23.1 Å². The second kappa shape index (κ2) is 5.37. The Morgan fingerprint density at radius 1 is 1.50 bits per heavy atom. The third-order valence-electron chi connectivity index (χ3n) is 2.99. The fraction of sp³-hybridized carbons (Fsp3) is 0.417. The lowest BCUT2D eigenvalue weighted by Gasteiger charge is -2.17. The van der Waals surface area contributed by atoms with Crippen molar-refractivity contribution in [2.45, 2.75) is 23.8 Å². The van der Waals surface area contributed by atoms with E-state index in [0.717, 1.165) is 23.2 Å². The highest BCUT2D eigenvalue weighted by Crippen LogP contribution is 2.20. The zero-order chi connectivity index (χ0) is 14.9. The van der Waals surface area contributed by atoms with Crippen LogP contribution < -0.4 is 11.1 Å². The molecule has 1 aliphatic rings. The smallest absolute Gasteiger partial charge is 0.243 e. The van der Waals surface area contributed by atoms with Gasteiger partial charge in [0.15, 0.2) is 0 Å². The Morgan fingerprint density at radius 3 is 2.70 bits per heavy atom. The van der Waals surface area contributed by atoms with Crippen LogP contribution in [0.3, 0.4) is 0 Å². The molecule has 6 nitrogen and oxygen atoms in total. The molecule has 0 bridgehead atoms. The summed E-state index contributed by atoms with van der Waals surface area (Å²) in [5, 5.41) is 2.69. The summed E-state index contributed by atoms with van der Waals surface area (Å²) in [7, 11) is -2.64. The van der Waals surface area contributed by atoms with Crippen molar-refractivity contribution < 1.29 is 17.6 Å². The summed E-state index contributed by atoms with van der Waals surface area (Å²) in [6.45, 7) is -0.301. The summed E-state index contributed by atoms with van der Waals surface area (Å²) in [5.41, 5.74) is 5.18. The molecule has 3 N–H and O–H groups in total. The molecule has 2 rings (SSSR count). The maximum atomic E-state index is 13.3. The van der Waals surface area contributed by atoms with E-state index in [1.54, 1.807) is 0 Å². The summed E-state index contributed by atoms with van der Waals surface area (Å²) in [6, 6.07) is 3.40. The standard InChI is InChI=1S/C12H16FN3O3S/c1-16(7-12(17)15-8-2-3-8)20(18,19)9-4-5-11(14)10(13)6-9/h4-6,8H,2-3,7,14H2,1H3,(H,15,17). The first-order chi connectivity index (χ1) is 9.30. The highest BCUT2D eigenvalue weighted by Gasteiger charge is 2.27. The lowest BCUT2D eigenvalue weighted by Crippen LogP contribution is -2.39. The second-order valence-electron chi connectivity index (χ2n) is 4.79. The average Bonchev–Trinajstić information content (AvgIpc) is 3.16. The first-order valence-corrected chi connectivity index (χ1v) is 7.55. The Morgan fingerprint density at radius 2 is 2.15 bits per heavy atom. The van der Waals surface area contributed by atoms with Crippen LogP contribution in [0.5, 0.6) is 0 Å². The van der Waals surface area contributed by atoms with Gasteiger partial charge in [0.1, 0.15) is 5.82 Å². The number of nitrogens with one attached hydrogen (secondary N) is 1. The Labute approximate surface area is 116 Å². The van der Waals surface area contributed by atoms with E-state index >= 15 is 0 Å². The van der Waals surface area contributed by atoms with E-state index in [0.29, 0.717) is 0 Å². The molecule has 0 heterocycles. The summed E-state index contributed by atoms with van der Waals surface area (Å²) in [4.78, 5) is 11.4. The first kappa shape index (κ1) is 14.7. The predicted octanol–water partition coefficient (Wildman–Crippen LogP) is 0.307. The van der Waals surface area contributed by atoms with Crippen LogP contribution in [0.1, 0.15) is 12.8 Å². The molecule has 1 fully saturated rings. The van der Waals surface area contributed by atoms with Crippen LogP contribution in [0, 0.1) is 5.82 Å². The van der Waals surface area contributed by atoms with E-state index in [2.05, 4.69) is 5.32 Å². The lowest BCUT2D eigenvalue weighted by molar-refractivity contribution is -0.121. The number of benzene rings is 1. The first-order valence-electron chi connectivity index (χ1n) is 6.11. The minimum Gasteiger partial charge on any atom is -0.396 e. The number of amides is 1. The summed E-state index contributed by atoms with van der Waals surface area (Å²) in [6.07, 6.45) is 1.84. The molecule has 1 saturated carbocycles. The average molecular weight is 301 g/mol. The van der Waals surface area contributed by atoms with Gasteiger partial charge in [0.05, 0.1) is 17.1 Å². The van der Waals surface area contributed by atoms with Gasteiger partial charge in [0.25, 0.3) is 0 Å². The SMILES string of the molecule is CN(CC(=O)NC1CC1)S(=O)(=O)c1ccc(N)c(F)c1. The molecule has 0 spiro atoms. The fourth-order valence-corrected chi connectivity index (χ4v) is 2.78. The third-order valence-corrected chi connectivity index (χ3v) is 4.79. The lowest BCUT2D eigenvalue weighted by atomic mass is 10.3. The van der Waals surface area contributed by atoms with E-state index < -0.39 is 15.8 Å². The van der Waals surface area contributed by atoms with Crippen molar-refractivity contribution in [1.29, 1.82) is 0 Å². The minimum atomic E-state index is -3.91. The van der Waals surface area contributed by atoms with Gasteiger partial charge >= 0.3 is 0 Å². The quantitative estimate of drug-likeness (QED) is 0.765. The molecule has 1 aromatic carbocycles. The van der Waals surface area contributed by atoms with Gasteiger partial charge in [-0.3, -0.25) is 4.79 Å². The molecule has 110 valence electrons. The number of nitrogen functional groups attached to an aromatic ring is 1. The Hall–Kier alpha value is -1.67. The maximum absolute atomic E-state index is 13.3. The number of anilines is 1. The molecule has 0 atom stereocenters. The summed E-state index contributed by atoms with van der Waals surface area (Å²) < 4.78 is 38.6. The largest absolute Gasteiger partial charge is 0.396 e. The van der Waals surface area contributed by atoms with Crippen molar-refractivity contribution in [1.82, 2.24) is 9.62 Å². The number of carbonyl (C=O) groups excluding carboxylic acids is 1. The van der Waals surface area contributed by atoms with E-state index in [9.17, 15) is 17.6 Å². The number of carbonyl (C=O) groups is 1. The second-order valence-corrected chi connectivity index (χ2v) is 6.83. The maximum Gasteiger partial charge on any atom is 0.243 e. The van der Waals surface area contributed by atoms with Crippen LogP contribution in [-0.2, 0) is 14.8 Å². The normalized spacial score (nSPS) is 15.3. The molecule has 1 aromatic rings. The van der Waals surface area contributed by atoms with Crippen LogP contribution in [0.2, 0.25) is 0 Å². The number of hydrogen-bond donors (Lipinski definition) is 2. The van der Waals surface area contributed by atoms with Gasteiger partial charge in [0, 0.05) is 13.1 Å². The molecule has 0 aromatic heterocycles. The highest BCUT2D eigenvalue weighted by atomic mass is 32.2. The number of rotatable bonds is 5. The zero-order valence-electron chi connectivity index (χ0n) is 11.0. The van der Waals surface area contributed by atoms with Gasteiger partial charge in [-0.15, -0.1) is 0 Å². The van der Waals surface area contributed by atoms with Gasteiger partial charge in [-0.25, -0.2) is 12.8 Å². The molecule has 0 aliphatic heterocycles. The molecule has 0 radical (unpaired) electrons. The minimum absolute atomic E-state index is 0.127. The summed E-state index contributed by atoms with van der Waals surface area (Å²) >= 11 is 0. The summed E-state index contributed by atoms with van der Waals surface area (Å²) in [5.74, 6) is -1.17. The van der Waals surface area contributed by atoms with E-state index in [-0.39, 0.29) is 29.1 Å². The van der Waals surface area contributed by atoms with Crippen molar-refractivity contribution in [2.75, 3.05) is 19.3 Å². The number of likely N-dealkylation sites (N-methyl/N-ethyl adjacent to an activating group) is 1. The predicted molar refractivity (Wildman–Crippen MR) is 71.8 cm³/mol. The number of sulfonamides is 1. The van der Waals surface area contributed by atoms with Crippen molar-refractivity contribution in [3.63, 3.8) is 0 Å². The highest BCUT2D eigenvalue weighted by molar-refractivity contribution is 7.89. The molecular weight excluding hydrogens is 285 g/mol. The number of nitrogens with two attached hydrogens (primary N) is 1. The molecule has 1 amide bonds. The van der Waals surface area contributed by atoms with Crippen molar-refractivity contribution in [3.8, 4) is 0 Å². The van der Waals surface area contributed by atoms with Gasteiger partial charge in [0.2, 0.25) is 15.9 Å². The van der Waals surface area contributed by atoms with Gasteiger partial charge < -0.3 is 11.1 Å². The van der Waals surface area contributed by atoms with E-state index in [1.807, 2.05) is 0 Å². The van der Waals surface area contributed by atoms with E-state index in [1.165, 1.54) is 19.2 Å². The van der Waals surface area contributed by atoms with Gasteiger partial charge in [-0.1, -0.05) is 0 Å². The molecule has 20 heavy (non-hydrogen) atoms. The van der Waals surface area contributed by atoms with Crippen molar-refractivity contribution in [3.05, 3.63) is 24.0 Å². The van der Waals surface area contributed by atoms with Crippen LogP contribution in [-0.4, -0.2) is 38.3 Å². The van der Waals surface area contributed by atoms with Gasteiger partial charge in [-0.2, -0.15) is 4.31 Å². The molecule has 0 unspecified atom stereocenters. The molecular formula is C12H16FN3O3S. The number of nitrogens with zero attached hydrogens (tertiary/aromatic N) is 1. The Bertz CT molecular complexity index is 629. The molecule has 1 aliphatic carbocycles. The Balaban J connectivity index is 2.11. The van der Waals surface area contributed by atoms with Gasteiger partial charge in [-0.05, 0) is 31.0 Å². The molecule has 8 heteroatoms. The monoisotopic (exact) mass is 301 g/mol. The number of halogens is 1. The van der Waals surface area contributed by atoms with Crippen molar-refractivity contribution >= 4 is 21.6 Å². The molecule has 0 saturated heterocycles. The van der Waals surface area contributed by atoms with Crippen LogP contribution in [0.25, 0.3) is 0 Å². The Kier molecular flexibility index (Phi) is 3.96. The fourth-order valence-electron chi connectivity index (χ4n) is 1.64. The zero-order valence-corrected chi connectivity index (χ0v) is 11.8. The third kappa shape index (κ3) is 3.26. The van der Waals surface area contributed by atoms with Crippen LogP contribution in [0.4, 0.5) is 10.1 Å². The van der Waals surface area contributed by atoms with E-state index in [4.69, 9.17) is 5.73 Å². The number of hydrogen-bond acceptors (Lipinski definition) is 4. The topological polar surface area (TPSA) is 92.5 Å². The van der Waals surface area contributed by atoms with Crippen LogP contribution >= 0.6 is 0 Å².